The van der Waals surface area contributed by atoms with Gasteiger partial charge >= 0.3 is 6.01 Å². The summed E-state index contributed by atoms with van der Waals surface area (Å²) in [4.78, 5) is 9.68. The highest BCUT2D eigenvalue weighted by atomic mass is 35.5. The van der Waals surface area contributed by atoms with Crippen molar-refractivity contribution in [3.05, 3.63) is 47.5 Å². The summed E-state index contributed by atoms with van der Waals surface area (Å²) in [5.74, 6) is 2.03. The van der Waals surface area contributed by atoms with Gasteiger partial charge in [-0.1, -0.05) is 22.8 Å². The number of anilines is 1. The minimum atomic E-state index is 0.469. The lowest BCUT2D eigenvalue weighted by atomic mass is 9.96. The van der Waals surface area contributed by atoms with E-state index in [1.165, 1.54) is 0 Å². The third-order valence-electron chi connectivity index (χ3n) is 4.16. The monoisotopic (exact) mass is 329 g/mol. The average molecular weight is 330 g/mol. The Hall–Kier alpha value is -2.34. The maximum Gasteiger partial charge on any atom is 0.318 e. The highest BCUT2D eigenvalue weighted by Crippen LogP contribution is 2.30. The average Bonchev–Trinajstić information content (AvgIpc) is 3.27. The van der Waals surface area contributed by atoms with Crippen LogP contribution < -0.4 is 4.90 Å². The molecule has 1 saturated heterocycles. The van der Waals surface area contributed by atoms with Crippen LogP contribution in [0.5, 0.6) is 0 Å². The summed E-state index contributed by atoms with van der Waals surface area (Å²) in [6, 6.07) is 7.99. The highest BCUT2D eigenvalue weighted by molar-refractivity contribution is 6.30. The van der Waals surface area contributed by atoms with E-state index in [1.807, 2.05) is 30.5 Å². The van der Waals surface area contributed by atoms with Crippen molar-refractivity contribution >= 4 is 17.6 Å². The van der Waals surface area contributed by atoms with E-state index < -0.39 is 0 Å². The molecule has 7 heteroatoms. The molecule has 1 aliphatic heterocycles. The van der Waals surface area contributed by atoms with Crippen LogP contribution in [-0.2, 0) is 0 Å². The lowest BCUT2D eigenvalue weighted by Crippen LogP contribution is -2.33. The molecule has 4 rings (SSSR count). The van der Waals surface area contributed by atoms with Gasteiger partial charge in [-0.25, -0.2) is 4.98 Å². The van der Waals surface area contributed by atoms with Gasteiger partial charge in [0.2, 0.25) is 5.89 Å². The quantitative estimate of drug-likeness (QED) is 0.796. The molecule has 118 valence electrons. The first-order valence-electron chi connectivity index (χ1n) is 7.63. The number of hydrogen-bond acceptors (Lipinski definition) is 5. The number of benzene rings is 1. The third kappa shape index (κ3) is 2.94. The molecule has 3 heterocycles. The summed E-state index contributed by atoms with van der Waals surface area (Å²) in [6.45, 7) is 1.76. The summed E-state index contributed by atoms with van der Waals surface area (Å²) < 4.78 is 5.81. The van der Waals surface area contributed by atoms with Crippen molar-refractivity contribution in [1.29, 1.82) is 0 Å². The first-order valence-corrected chi connectivity index (χ1v) is 8.01. The first kappa shape index (κ1) is 14.3. The van der Waals surface area contributed by atoms with Crippen molar-refractivity contribution in [1.82, 2.24) is 20.2 Å². The molecule has 0 bridgehead atoms. The minimum absolute atomic E-state index is 0.469. The van der Waals surface area contributed by atoms with Gasteiger partial charge < -0.3 is 14.3 Å². The van der Waals surface area contributed by atoms with E-state index >= 15 is 0 Å². The molecule has 1 aliphatic rings. The Morgan fingerprint density at radius 3 is 2.83 bits per heavy atom. The maximum atomic E-state index is 6.01. The molecule has 0 amide bonds. The molecule has 0 radical (unpaired) electrons. The van der Waals surface area contributed by atoms with E-state index in [2.05, 4.69) is 25.1 Å². The van der Waals surface area contributed by atoms with Crippen molar-refractivity contribution < 1.29 is 4.42 Å². The Bertz CT molecular complexity index is 777. The molecule has 3 aromatic rings. The number of piperidine rings is 1. The van der Waals surface area contributed by atoms with Crippen molar-refractivity contribution in [2.45, 2.75) is 18.8 Å². The van der Waals surface area contributed by atoms with Crippen molar-refractivity contribution in [2.24, 2.45) is 0 Å². The van der Waals surface area contributed by atoms with Crippen LogP contribution in [0.1, 0.15) is 24.6 Å². The highest BCUT2D eigenvalue weighted by Gasteiger charge is 2.25. The zero-order chi connectivity index (χ0) is 15.6. The van der Waals surface area contributed by atoms with Crippen LogP contribution in [0.4, 0.5) is 6.01 Å². The second kappa shape index (κ2) is 6.04. The summed E-state index contributed by atoms with van der Waals surface area (Å²) in [7, 11) is 0. The lowest BCUT2D eigenvalue weighted by Gasteiger charge is -2.29. The number of H-pyrrole nitrogens is 1. The van der Waals surface area contributed by atoms with E-state index in [1.54, 1.807) is 6.20 Å². The molecule has 0 saturated carbocycles. The second-order valence-corrected chi connectivity index (χ2v) is 6.07. The van der Waals surface area contributed by atoms with Crippen LogP contribution in [0.3, 0.4) is 0 Å². The van der Waals surface area contributed by atoms with Crippen LogP contribution in [0.2, 0.25) is 5.02 Å². The summed E-state index contributed by atoms with van der Waals surface area (Å²) in [5, 5.41) is 8.97. The molecule has 0 atom stereocenters. The van der Waals surface area contributed by atoms with E-state index in [0.29, 0.717) is 22.8 Å². The molecule has 1 aromatic carbocycles. The number of halogens is 1. The number of aromatic amines is 1. The zero-order valence-electron chi connectivity index (χ0n) is 12.4. The smallest absolute Gasteiger partial charge is 0.318 e. The molecule has 23 heavy (non-hydrogen) atoms. The normalized spacial score (nSPS) is 16.0. The Labute approximate surface area is 138 Å². The Balaban J connectivity index is 1.46. The van der Waals surface area contributed by atoms with Gasteiger partial charge in [-0.15, -0.1) is 5.10 Å². The number of nitrogens with zero attached hydrogens (tertiary/aromatic N) is 4. The van der Waals surface area contributed by atoms with Gasteiger partial charge in [0, 0.05) is 42.0 Å². The van der Waals surface area contributed by atoms with Gasteiger partial charge in [0.25, 0.3) is 0 Å². The fraction of sp³-hybridized carbons (Fsp3) is 0.312. The fourth-order valence-electron chi connectivity index (χ4n) is 2.93. The van der Waals surface area contributed by atoms with Crippen LogP contribution in [0.15, 0.2) is 41.1 Å². The van der Waals surface area contributed by atoms with Gasteiger partial charge in [0.15, 0.2) is 0 Å². The molecule has 1 N–H and O–H groups in total. The largest absolute Gasteiger partial charge is 0.403 e. The van der Waals surface area contributed by atoms with Crippen LogP contribution in [0, 0.1) is 0 Å². The Morgan fingerprint density at radius 1 is 1.22 bits per heavy atom. The molecule has 0 spiro atoms. The predicted octanol–water partition coefficient (Wildman–Crippen LogP) is 3.50. The fourth-order valence-corrected chi connectivity index (χ4v) is 3.12. The van der Waals surface area contributed by atoms with Crippen LogP contribution in [-0.4, -0.2) is 33.3 Å². The lowest BCUT2D eigenvalue weighted by molar-refractivity contribution is 0.452. The number of rotatable bonds is 3. The zero-order valence-corrected chi connectivity index (χ0v) is 13.2. The molecule has 1 fully saturated rings. The van der Waals surface area contributed by atoms with E-state index in [-0.39, 0.29) is 0 Å². The predicted molar refractivity (Wildman–Crippen MR) is 87.5 cm³/mol. The summed E-state index contributed by atoms with van der Waals surface area (Å²) in [6.07, 6.45) is 5.71. The van der Waals surface area contributed by atoms with E-state index in [4.69, 9.17) is 16.0 Å². The summed E-state index contributed by atoms with van der Waals surface area (Å²) in [5.41, 5.74) is 0.835. The van der Waals surface area contributed by atoms with Crippen LogP contribution in [0.25, 0.3) is 11.5 Å². The minimum Gasteiger partial charge on any atom is -0.403 e. The maximum absolute atomic E-state index is 6.01. The van der Waals surface area contributed by atoms with Gasteiger partial charge in [-0.2, -0.15) is 0 Å². The molecule has 2 aromatic heterocycles. The number of imidazole rings is 1. The number of nitrogens with one attached hydrogen (secondary N) is 1. The second-order valence-electron chi connectivity index (χ2n) is 5.64. The first-order chi connectivity index (χ1) is 11.3. The molecular weight excluding hydrogens is 314 g/mol. The molecular formula is C16H16ClN5O. The van der Waals surface area contributed by atoms with Crippen molar-refractivity contribution in [3.8, 4) is 11.5 Å². The topological polar surface area (TPSA) is 70.8 Å². The van der Waals surface area contributed by atoms with Gasteiger partial charge in [-0.05, 0) is 31.0 Å². The van der Waals surface area contributed by atoms with Crippen molar-refractivity contribution in [3.63, 3.8) is 0 Å². The third-order valence-corrected chi connectivity index (χ3v) is 4.39. The Morgan fingerprint density at radius 2 is 2.09 bits per heavy atom. The number of hydrogen-bond donors (Lipinski definition) is 1. The van der Waals surface area contributed by atoms with Gasteiger partial charge in [-0.3, -0.25) is 0 Å². The molecule has 0 aliphatic carbocycles. The van der Waals surface area contributed by atoms with E-state index in [0.717, 1.165) is 37.3 Å². The SMILES string of the molecule is Clc1cccc(-c2nnc(N3CCC(c4ncc[nH]4)CC3)o2)c1. The number of aromatic nitrogens is 4. The summed E-state index contributed by atoms with van der Waals surface area (Å²) >= 11 is 6.01. The van der Waals surface area contributed by atoms with E-state index in [9.17, 15) is 0 Å². The standard InChI is InChI=1S/C16H16ClN5O/c17-13-3-1-2-12(10-13)15-20-21-16(23-15)22-8-4-11(5-9-22)14-18-6-7-19-14/h1-3,6-7,10-11H,4-5,8-9H2,(H,18,19). The van der Waals surface area contributed by atoms with Gasteiger partial charge in [0.05, 0.1) is 0 Å². The van der Waals surface area contributed by atoms with Gasteiger partial charge in [0.1, 0.15) is 5.82 Å². The van der Waals surface area contributed by atoms with Crippen LogP contribution >= 0.6 is 11.6 Å². The van der Waals surface area contributed by atoms with Crippen molar-refractivity contribution in [2.75, 3.05) is 18.0 Å². The molecule has 0 unspecified atom stereocenters. The Kier molecular flexibility index (Phi) is 3.75. The molecule has 6 nitrogen and oxygen atoms in total.